The predicted octanol–water partition coefficient (Wildman–Crippen LogP) is 2.77. The number of carboxylic acid groups (broad SMARTS) is 1. The molecule has 1 atom stereocenters. The van der Waals surface area contributed by atoms with Gasteiger partial charge in [0.05, 0.1) is 5.56 Å². The highest BCUT2D eigenvalue weighted by molar-refractivity contribution is 5.90. The van der Waals surface area contributed by atoms with Crippen molar-refractivity contribution >= 4 is 12.1 Å². The molecule has 0 bridgehead atoms. The third kappa shape index (κ3) is 3.97. The number of hydrogen-bond acceptors (Lipinski definition) is 3. The predicted molar refractivity (Wildman–Crippen MR) is 78.6 cm³/mol. The van der Waals surface area contributed by atoms with Crippen LogP contribution in [0, 0.1) is 0 Å². The fraction of sp³-hybridized carbons (Fsp3) is 0.500. The molecule has 0 saturated carbocycles. The van der Waals surface area contributed by atoms with E-state index in [4.69, 9.17) is 4.74 Å². The van der Waals surface area contributed by atoms with Crippen molar-refractivity contribution in [3.05, 3.63) is 34.9 Å². The third-order valence-electron chi connectivity index (χ3n) is 3.44. The average Bonchev–Trinajstić information content (AvgIpc) is 2.35. The van der Waals surface area contributed by atoms with Crippen LogP contribution in [0.3, 0.4) is 0 Å². The second-order valence-electron chi connectivity index (χ2n) is 6.33. The molecule has 21 heavy (non-hydrogen) atoms. The van der Waals surface area contributed by atoms with Crippen molar-refractivity contribution in [1.29, 1.82) is 0 Å². The molecular formula is C16H21NO4. The quantitative estimate of drug-likeness (QED) is 0.878. The van der Waals surface area contributed by atoms with Crippen LogP contribution >= 0.6 is 0 Å². The van der Waals surface area contributed by atoms with Crippen LogP contribution in [-0.2, 0) is 17.6 Å². The zero-order valence-corrected chi connectivity index (χ0v) is 12.6. The van der Waals surface area contributed by atoms with Gasteiger partial charge in [0.1, 0.15) is 5.60 Å². The van der Waals surface area contributed by atoms with Crippen molar-refractivity contribution in [1.82, 2.24) is 5.32 Å². The number of fused-ring (bicyclic) bond motifs is 1. The molecule has 5 nitrogen and oxygen atoms in total. The monoisotopic (exact) mass is 291 g/mol. The molecule has 0 aliphatic heterocycles. The van der Waals surface area contributed by atoms with Crippen LogP contribution in [0.2, 0.25) is 0 Å². The van der Waals surface area contributed by atoms with Crippen LogP contribution in [0.5, 0.6) is 0 Å². The Morgan fingerprint density at radius 2 is 2.05 bits per heavy atom. The van der Waals surface area contributed by atoms with E-state index in [1.54, 1.807) is 12.1 Å². The van der Waals surface area contributed by atoms with E-state index < -0.39 is 17.7 Å². The van der Waals surface area contributed by atoms with Crippen molar-refractivity contribution in [2.24, 2.45) is 0 Å². The molecule has 0 radical (unpaired) electrons. The first-order valence-corrected chi connectivity index (χ1v) is 7.10. The van der Waals surface area contributed by atoms with Gasteiger partial charge in [-0.05, 0) is 57.2 Å². The maximum absolute atomic E-state index is 11.8. The maximum atomic E-state index is 11.8. The lowest BCUT2D eigenvalue weighted by atomic mass is 9.85. The van der Waals surface area contributed by atoms with E-state index in [1.165, 1.54) is 0 Å². The number of carbonyl (C=O) groups excluding carboxylic acids is 1. The van der Waals surface area contributed by atoms with Crippen molar-refractivity contribution in [3.63, 3.8) is 0 Å². The molecule has 0 saturated heterocycles. The molecule has 1 unspecified atom stereocenters. The molecule has 0 fully saturated rings. The van der Waals surface area contributed by atoms with Gasteiger partial charge >= 0.3 is 12.1 Å². The van der Waals surface area contributed by atoms with E-state index in [9.17, 15) is 14.7 Å². The van der Waals surface area contributed by atoms with E-state index in [1.807, 2.05) is 26.8 Å². The molecule has 5 heteroatoms. The van der Waals surface area contributed by atoms with Gasteiger partial charge in [-0.2, -0.15) is 0 Å². The molecule has 0 heterocycles. The summed E-state index contributed by atoms with van der Waals surface area (Å²) in [5, 5.41) is 12.1. The highest BCUT2D eigenvalue weighted by Crippen LogP contribution is 2.25. The van der Waals surface area contributed by atoms with Crippen LogP contribution in [-0.4, -0.2) is 28.8 Å². The number of benzene rings is 1. The molecule has 1 aliphatic carbocycles. The summed E-state index contributed by atoms with van der Waals surface area (Å²) in [5.41, 5.74) is 1.65. The summed E-state index contributed by atoms with van der Waals surface area (Å²) in [5.74, 6) is -0.926. The standard InChI is InChI=1S/C16H21NO4/c1-16(2,3)21-15(20)17-11-8-7-10-5-4-6-12(14(18)19)13(10)9-11/h4-6,11H,7-9H2,1-3H3,(H,17,20)(H,18,19). The summed E-state index contributed by atoms with van der Waals surface area (Å²) in [7, 11) is 0. The van der Waals surface area contributed by atoms with Gasteiger partial charge in [-0.1, -0.05) is 12.1 Å². The molecule has 2 rings (SSSR count). The Bertz CT molecular complexity index is 560. The van der Waals surface area contributed by atoms with Gasteiger partial charge in [0.15, 0.2) is 0 Å². The number of amides is 1. The number of carboxylic acids is 1. The van der Waals surface area contributed by atoms with Crippen LogP contribution in [0.15, 0.2) is 18.2 Å². The van der Waals surface area contributed by atoms with Gasteiger partial charge in [0, 0.05) is 6.04 Å². The van der Waals surface area contributed by atoms with Gasteiger partial charge < -0.3 is 15.2 Å². The molecule has 114 valence electrons. The number of hydrogen-bond donors (Lipinski definition) is 2. The minimum Gasteiger partial charge on any atom is -0.478 e. The second-order valence-corrected chi connectivity index (χ2v) is 6.33. The van der Waals surface area contributed by atoms with E-state index in [0.29, 0.717) is 12.0 Å². The fourth-order valence-electron chi connectivity index (χ4n) is 2.59. The number of rotatable bonds is 2. The number of nitrogens with one attached hydrogen (secondary N) is 1. The van der Waals surface area contributed by atoms with Gasteiger partial charge in [-0.15, -0.1) is 0 Å². The highest BCUT2D eigenvalue weighted by atomic mass is 16.6. The zero-order chi connectivity index (χ0) is 15.6. The van der Waals surface area contributed by atoms with Gasteiger partial charge in [0.25, 0.3) is 0 Å². The lowest BCUT2D eigenvalue weighted by molar-refractivity contribution is 0.0500. The summed E-state index contributed by atoms with van der Waals surface area (Å²) < 4.78 is 5.24. The van der Waals surface area contributed by atoms with Crippen molar-refractivity contribution in [2.75, 3.05) is 0 Å². The van der Waals surface area contributed by atoms with Crippen LogP contribution < -0.4 is 5.32 Å². The van der Waals surface area contributed by atoms with E-state index >= 15 is 0 Å². The van der Waals surface area contributed by atoms with Gasteiger partial charge in [-0.3, -0.25) is 0 Å². The molecule has 2 N–H and O–H groups in total. The summed E-state index contributed by atoms with van der Waals surface area (Å²) in [4.78, 5) is 23.1. The molecule has 1 amide bonds. The minimum atomic E-state index is -0.926. The number of aromatic carboxylic acids is 1. The molecular weight excluding hydrogens is 270 g/mol. The van der Waals surface area contributed by atoms with E-state index in [-0.39, 0.29) is 6.04 Å². The smallest absolute Gasteiger partial charge is 0.407 e. The molecule has 0 spiro atoms. The zero-order valence-electron chi connectivity index (χ0n) is 12.6. The Morgan fingerprint density at radius 3 is 2.67 bits per heavy atom. The summed E-state index contributed by atoms with van der Waals surface area (Å²) in [6.07, 6.45) is 1.62. The largest absolute Gasteiger partial charge is 0.478 e. The first-order valence-electron chi connectivity index (χ1n) is 7.10. The summed E-state index contributed by atoms with van der Waals surface area (Å²) in [6, 6.07) is 5.24. The minimum absolute atomic E-state index is 0.0900. The number of aryl methyl sites for hydroxylation is 1. The SMILES string of the molecule is CC(C)(C)OC(=O)NC1CCc2cccc(C(=O)O)c2C1. The Hall–Kier alpha value is -2.04. The van der Waals surface area contributed by atoms with Crippen LogP contribution in [0.1, 0.15) is 48.7 Å². The van der Waals surface area contributed by atoms with Crippen LogP contribution in [0.4, 0.5) is 4.79 Å². The first-order chi connectivity index (χ1) is 9.76. The summed E-state index contributed by atoms with van der Waals surface area (Å²) in [6.45, 7) is 5.43. The Labute approximate surface area is 124 Å². The fourth-order valence-corrected chi connectivity index (χ4v) is 2.59. The molecule has 1 aromatic rings. The van der Waals surface area contributed by atoms with E-state index in [2.05, 4.69) is 5.32 Å². The Balaban J connectivity index is 2.09. The van der Waals surface area contributed by atoms with Crippen molar-refractivity contribution < 1.29 is 19.4 Å². The average molecular weight is 291 g/mol. The lowest BCUT2D eigenvalue weighted by Crippen LogP contribution is -2.42. The van der Waals surface area contributed by atoms with Crippen molar-refractivity contribution in [2.45, 2.75) is 51.7 Å². The van der Waals surface area contributed by atoms with Gasteiger partial charge in [-0.25, -0.2) is 9.59 Å². The maximum Gasteiger partial charge on any atom is 0.407 e. The van der Waals surface area contributed by atoms with E-state index in [0.717, 1.165) is 24.0 Å². The number of ether oxygens (including phenoxy) is 1. The molecule has 0 aromatic heterocycles. The summed E-state index contributed by atoms with van der Waals surface area (Å²) >= 11 is 0. The molecule has 1 aliphatic rings. The topological polar surface area (TPSA) is 75.6 Å². The second kappa shape index (κ2) is 5.76. The third-order valence-corrected chi connectivity index (χ3v) is 3.44. The van der Waals surface area contributed by atoms with Gasteiger partial charge in [0.2, 0.25) is 0 Å². The lowest BCUT2D eigenvalue weighted by Gasteiger charge is -2.28. The Morgan fingerprint density at radius 1 is 1.33 bits per heavy atom. The van der Waals surface area contributed by atoms with Crippen LogP contribution in [0.25, 0.3) is 0 Å². The molecule has 1 aromatic carbocycles. The number of alkyl carbamates (subject to hydrolysis) is 1. The highest BCUT2D eigenvalue weighted by Gasteiger charge is 2.26. The Kier molecular flexibility index (Phi) is 4.21. The first kappa shape index (κ1) is 15.4. The normalized spacial score (nSPS) is 17.8. The number of carbonyl (C=O) groups is 2. The van der Waals surface area contributed by atoms with Crippen molar-refractivity contribution in [3.8, 4) is 0 Å².